The second-order valence-electron chi connectivity index (χ2n) is 5.20. The van der Waals surface area contributed by atoms with E-state index in [-0.39, 0.29) is 17.5 Å². The van der Waals surface area contributed by atoms with Crippen molar-refractivity contribution in [3.63, 3.8) is 0 Å². The zero-order valence-electron chi connectivity index (χ0n) is 10.5. The summed E-state index contributed by atoms with van der Waals surface area (Å²) in [4.78, 5) is 15.4. The molecule has 0 aromatic carbocycles. The molecule has 1 unspecified atom stereocenters. The minimum absolute atomic E-state index is 0.0866. The van der Waals surface area contributed by atoms with E-state index in [2.05, 4.69) is 13.8 Å². The van der Waals surface area contributed by atoms with Gasteiger partial charge < -0.3 is 10.6 Å². The van der Waals surface area contributed by atoms with Crippen molar-refractivity contribution in [2.45, 2.75) is 44.7 Å². The Morgan fingerprint density at radius 3 is 3.06 bits per heavy atom. The molecule has 4 heteroatoms. The minimum atomic E-state index is -0.216. The first-order valence-electron chi connectivity index (χ1n) is 6.10. The highest BCUT2D eigenvalue weighted by Gasteiger charge is 2.38. The number of carbonyl (C=O) groups excluding carboxylic acids is 1. The van der Waals surface area contributed by atoms with Gasteiger partial charge in [0.15, 0.2) is 0 Å². The molecule has 0 aliphatic carbocycles. The highest BCUT2D eigenvalue weighted by atomic mass is 32.1. The average molecular weight is 252 g/mol. The van der Waals surface area contributed by atoms with Crippen molar-refractivity contribution < 1.29 is 4.79 Å². The Labute approximate surface area is 107 Å². The van der Waals surface area contributed by atoms with Gasteiger partial charge in [-0.3, -0.25) is 4.79 Å². The van der Waals surface area contributed by atoms with Crippen LogP contribution < -0.4 is 5.73 Å². The van der Waals surface area contributed by atoms with E-state index in [0.29, 0.717) is 6.42 Å². The van der Waals surface area contributed by atoms with E-state index in [0.717, 1.165) is 24.3 Å². The normalized spacial score (nSPS) is 23.7. The Balaban J connectivity index is 2.08. The van der Waals surface area contributed by atoms with Gasteiger partial charge in [0.05, 0.1) is 12.0 Å². The van der Waals surface area contributed by atoms with Crippen LogP contribution in [0, 0.1) is 0 Å². The Morgan fingerprint density at radius 2 is 2.41 bits per heavy atom. The van der Waals surface area contributed by atoms with Crippen molar-refractivity contribution in [2.75, 3.05) is 6.54 Å². The summed E-state index contributed by atoms with van der Waals surface area (Å²) in [5.41, 5.74) is 5.91. The molecule has 1 aliphatic rings. The third kappa shape index (κ3) is 2.53. The van der Waals surface area contributed by atoms with Gasteiger partial charge >= 0.3 is 0 Å². The molecule has 1 atom stereocenters. The van der Waals surface area contributed by atoms with Gasteiger partial charge in [-0.2, -0.15) is 0 Å². The zero-order valence-corrected chi connectivity index (χ0v) is 11.3. The number of rotatable bonds is 2. The molecule has 2 rings (SSSR count). The number of nitrogens with two attached hydrogens (primary N) is 1. The van der Waals surface area contributed by atoms with Crippen LogP contribution in [0.25, 0.3) is 0 Å². The fourth-order valence-electron chi connectivity index (χ4n) is 2.41. The smallest absolute Gasteiger partial charge is 0.228 e. The molecule has 1 amide bonds. The zero-order chi connectivity index (χ0) is 12.5. The van der Waals surface area contributed by atoms with Gasteiger partial charge in [0.2, 0.25) is 5.91 Å². The molecule has 1 aromatic heterocycles. The number of hydrogen-bond donors (Lipinski definition) is 1. The van der Waals surface area contributed by atoms with Crippen LogP contribution in [0.4, 0.5) is 0 Å². The van der Waals surface area contributed by atoms with Gasteiger partial charge in [0, 0.05) is 17.5 Å². The summed E-state index contributed by atoms with van der Waals surface area (Å²) in [6.07, 6.45) is 2.53. The number of amides is 1. The van der Waals surface area contributed by atoms with Crippen molar-refractivity contribution in [1.29, 1.82) is 0 Å². The summed E-state index contributed by atoms with van der Waals surface area (Å²) in [7, 11) is 0. The predicted octanol–water partition coefficient (Wildman–Crippen LogP) is 2.02. The van der Waals surface area contributed by atoms with Crippen molar-refractivity contribution in [2.24, 2.45) is 5.73 Å². The molecule has 0 saturated carbocycles. The lowest BCUT2D eigenvalue weighted by Gasteiger charge is -2.46. The van der Waals surface area contributed by atoms with E-state index in [9.17, 15) is 4.79 Å². The van der Waals surface area contributed by atoms with Gasteiger partial charge in [0.25, 0.3) is 0 Å². The summed E-state index contributed by atoms with van der Waals surface area (Å²) in [6.45, 7) is 4.98. The highest BCUT2D eigenvalue weighted by Crippen LogP contribution is 2.27. The standard InChI is InChI=1S/C13H20N2OS/c1-13(2)11(14)6-3-7-15(13)12(16)9-10-5-4-8-17-10/h4-5,8,11H,3,6-7,9,14H2,1-2H3. The molecular formula is C13H20N2OS. The number of hydrogen-bond acceptors (Lipinski definition) is 3. The van der Waals surface area contributed by atoms with Crippen molar-refractivity contribution in [1.82, 2.24) is 4.90 Å². The van der Waals surface area contributed by atoms with Gasteiger partial charge in [-0.1, -0.05) is 6.07 Å². The van der Waals surface area contributed by atoms with Crippen LogP contribution in [-0.2, 0) is 11.2 Å². The summed E-state index contributed by atoms with van der Waals surface area (Å²) in [5.74, 6) is 0.201. The van der Waals surface area contributed by atoms with E-state index in [1.807, 2.05) is 22.4 Å². The van der Waals surface area contributed by atoms with Gasteiger partial charge in [-0.25, -0.2) is 0 Å². The van der Waals surface area contributed by atoms with Crippen LogP contribution in [0.2, 0.25) is 0 Å². The number of nitrogens with zero attached hydrogens (tertiary/aromatic N) is 1. The topological polar surface area (TPSA) is 46.3 Å². The van der Waals surface area contributed by atoms with Gasteiger partial charge in [0.1, 0.15) is 0 Å². The van der Waals surface area contributed by atoms with Crippen molar-refractivity contribution >= 4 is 17.2 Å². The van der Waals surface area contributed by atoms with E-state index < -0.39 is 0 Å². The Hall–Kier alpha value is -0.870. The van der Waals surface area contributed by atoms with Crippen LogP contribution in [0.3, 0.4) is 0 Å². The first kappa shape index (κ1) is 12.6. The summed E-state index contributed by atoms with van der Waals surface area (Å²) in [5, 5.41) is 2.01. The van der Waals surface area contributed by atoms with Crippen LogP contribution >= 0.6 is 11.3 Å². The molecule has 17 heavy (non-hydrogen) atoms. The minimum Gasteiger partial charge on any atom is -0.336 e. The Morgan fingerprint density at radius 1 is 1.65 bits per heavy atom. The van der Waals surface area contributed by atoms with Crippen molar-refractivity contribution in [3.05, 3.63) is 22.4 Å². The molecule has 2 heterocycles. The number of thiophene rings is 1. The second kappa shape index (κ2) is 4.78. The maximum absolute atomic E-state index is 12.3. The first-order valence-corrected chi connectivity index (χ1v) is 6.98. The predicted molar refractivity (Wildman–Crippen MR) is 71.0 cm³/mol. The fraction of sp³-hybridized carbons (Fsp3) is 0.615. The van der Waals surface area contributed by atoms with E-state index in [1.165, 1.54) is 0 Å². The Bertz CT molecular complexity index is 386. The van der Waals surface area contributed by atoms with E-state index in [4.69, 9.17) is 5.73 Å². The largest absolute Gasteiger partial charge is 0.336 e. The first-order chi connectivity index (χ1) is 8.01. The summed E-state index contributed by atoms with van der Waals surface area (Å²) in [6, 6.07) is 4.09. The van der Waals surface area contributed by atoms with Gasteiger partial charge in [-0.15, -0.1) is 11.3 Å². The van der Waals surface area contributed by atoms with Crippen molar-refractivity contribution in [3.8, 4) is 0 Å². The molecule has 94 valence electrons. The molecule has 3 nitrogen and oxygen atoms in total. The Kier molecular flexibility index (Phi) is 3.54. The molecule has 1 saturated heterocycles. The number of piperidine rings is 1. The van der Waals surface area contributed by atoms with Crippen LogP contribution in [0.1, 0.15) is 31.6 Å². The lowest BCUT2D eigenvalue weighted by molar-refractivity contribution is -0.138. The summed E-state index contributed by atoms with van der Waals surface area (Å²) >= 11 is 1.64. The monoisotopic (exact) mass is 252 g/mol. The maximum atomic E-state index is 12.3. The third-order valence-electron chi connectivity index (χ3n) is 3.71. The SMILES string of the molecule is CC1(C)C(N)CCCN1C(=O)Cc1cccs1. The van der Waals surface area contributed by atoms with Crippen LogP contribution in [-0.4, -0.2) is 28.9 Å². The third-order valence-corrected chi connectivity index (χ3v) is 4.58. The average Bonchev–Trinajstić information content (AvgIpc) is 2.74. The highest BCUT2D eigenvalue weighted by molar-refractivity contribution is 7.10. The molecule has 0 bridgehead atoms. The molecule has 0 spiro atoms. The lowest BCUT2D eigenvalue weighted by Crippen LogP contribution is -2.61. The second-order valence-corrected chi connectivity index (χ2v) is 6.24. The lowest BCUT2D eigenvalue weighted by atomic mass is 9.85. The number of likely N-dealkylation sites (tertiary alicyclic amines) is 1. The molecule has 1 fully saturated rings. The molecular weight excluding hydrogens is 232 g/mol. The molecule has 1 aliphatic heterocycles. The van der Waals surface area contributed by atoms with Gasteiger partial charge in [-0.05, 0) is 38.1 Å². The maximum Gasteiger partial charge on any atom is 0.228 e. The molecule has 1 aromatic rings. The quantitative estimate of drug-likeness (QED) is 0.875. The van der Waals surface area contributed by atoms with Crippen LogP contribution in [0.15, 0.2) is 17.5 Å². The van der Waals surface area contributed by atoms with E-state index in [1.54, 1.807) is 11.3 Å². The fourth-order valence-corrected chi connectivity index (χ4v) is 3.11. The van der Waals surface area contributed by atoms with Crippen LogP contribution in [0.5, 0.6) is 0 Å². The number of carbonyl (C=O) groups is 1. The summed E-state index contributed by atoms with van der Waals surface area (Å²) < 4.78 is 0. The molecule has 0 radical (unpaired) electrons. The molecule has 2 N–H and O–H groups in total. The van der Waals surface area contributed by atoms with E-state index >= 15 is 0 Å².